The number of alkyl halides is 1. The topological polar surface area (TPSA) is 60.1 Å². The summed E-state index contributed by atoms with van der Waals surface area (Å²) in [6, 6.07) is 19.4. The molecular formula is C62H122FNO4Si. The van der Waals surface area contributed by atoms with Crippen LogP contribution in [0.3, 0.4) is 0 Å². The van der Waals surface area contributed by atoms with Gasteiger partial charge in [0.1, 0.15) is 0 Å². The zero-order valence-corrected chi connectivity index (χ0v) is 52.2. The van der Waals surface area contributed by atoms with Crippen molar-refractivity contribution in [3.63, 3.8) is 0 Å². The molecule has 0 spiro atoms. The number of esters is 1. The van der Waals surface area contributed by atoms with E-state index in [-0.39, 0.29) is 5.97 Å². The fourth-order valence-corrected chi connectivity index (χ4v) is 5.20. The van der Waals surface area contributed by atoms with Crippen LogP contribution in [0.2, 0.25) is 18.1 Å². The third kappa shape index (κ3) is 85.7. The minimum atomic E-state index is -1.47. The Morgan fingerprint density at radius 3 is 1.25 bits per heavy atom. The van der Waals surface area contributed by atoms with Crippen molar-refractivity contribution >= 4 is 14.3 Å². The van der Waals surface area contributed by atoms with E-state index in [9.17, 15) is 9.18 Å². The molecule has 0 saturated carbocycles. The van der Waals surface area contributed by atoms with E-state index in [1.54, 1.807) is 0 Å². The number of nitrogens with zero attached hydrogens (tertiary/aromatic N) is 1. The molecule has 0 heterocycles. The minimum Gasteiger partial charge on any atom is -0.469 e. The molecule has 0 saturated heterocycles. The first-order chi connectivity index (χ1) is 31.6. The number of methoxy groups -OCH3 is 1. The number of aliphatic hydroxyl groups excluding tert-OH is 1. The Hall–Kier alpha value is -2.53. The first kappa shape index (κ1) is 80.6. The number of carbonyl (C=O) groups excluding carboxylic acids is 1. The molecule has 2 aromatic carbocycles. The van der Waals surface area contributed by atoms with Crippen LogP contribution in [0, 0.1) is 60.8 Å². The Morgan fingerprint density at radius 1 is 0.638 bits per heavy atom. The lowest BCUT2D eigenvalue weighted by Crippen LogP contribution is -2.41. The number of rotatable bonds is 16. The van der Waals surface area contributed by atoms with Crippen molar-refractivity contribution in [2.75, 3.05) is 26.9 Å². The van der Waals surface area contributed by atoms with E-state index in [2.05, 4.69) is 230 Å². The standard InChI is InChI=1S/C11H26OSi.C11H16.C10H14.C7H14O2.C6H11N.C5H12O.C5H12.C4H10.C3H7F/c1-10(2)8-9-12-13(6,7)11(3,4)5;1-9(2)8-11-6-4-10(3)5-7-11;1-9(2)8-10-6-4-3-5-7-10;1-6(2)4-5-7(8)9-3;1-6(2)4-5-7-3;1-5(2)3-4-6;1-4-5(2)3;1-4(2)3;1-3(2)4/h10H,8-9H2,1-7H3;4-7,9H,8H2,1-3H3;3-7,9H,8H2,1-2H3;6H,4-5H2,1-3H3;6H,4-5H2,1-2H3;5-6H,3-4H2,1-2H3;5H,4H2,1-3H3;4H,1-3H3;3H,1-2H3. The van der Waals surface area contributed by atoms with Gasteiger partial charge in [0.15, 0.2) is 8.32 Å². The third-order valence-electron chi connectivity index (χ3n) is 9.71. The first-order valence-electron chi connectivity index (χ1n) is 27.0. The predicted octanol–water partition coefficient (Wildman–Crippen LogP) is 19.8. The van der Waals surface area contributed by atoms with Gasteiger partial charge in [-0.3, -0.25) is 4.79 Å². The van der Waals surface area contributed by atoms with Crippen LogP contribution in [0.4, 0.5) is 4.39 Å². The van der Waals surface area contributed by atoms with Crippen molar-refractivity contribution in [2.45, 2.75) is 242 Å². The molecule has 0 aromatic heterocycles. The summed E-state index contributed by atoms with van der Waals surface area (Å²) in [7, 11) is -0.0524. The highest BCUT2D eigenvalue weighted by Crippen LogP contribution is 2.36. The second kappa shape index (κ2) is 53.3. The molecule has 7 heteroatoms. The van der Waals surface area contributed by atoms with Gasteiger partial charge in [-0.25, -0.2) is 11.0 Å². The zero-order chi connectivity index (χ0) is 55.8. The monoisotopic (exact) mass is 992 g/mol. The molecule has 0 unspecified atom stereocenters. The maximum atomic E-state index is 11.0. The molecule has 0 aliphatic rings. The summed E-state index contributed by atoms with van der Waals surface area (Å²) >= 11 is 0. The van der Waals surface area contributed by atoms with Crippen molar-refractivity contribution in [3.05, 3.63) is 82.7 Å². The van der Waals surface area contributed by atoms with Crippen LogP contribution in [0.5, 0.6) is 0 Å². The highest BCUT2D eigenvalue weighted by atomic mass is 28.4. The second-order valence-corrected chi connectivity index (χ2v) is 28.3. The lowest BCUT2D eigenvalue weighted by Gasteiger charge is -2.36. The van der Waals surface area contributed by atoms with Gasteiger partial charge in [-0.1, -0.05) is 212 Å². The zero-order valence-electron chi connectivity index (χ0n) is 51.2. The number of hydrogen-bond donors (Lipinski definition) is 1. The smallest absolute Gasteiger partial charge is 0.305 e. The van der Waals surface area contributed by atoms with E-state index in [4.69, 9.17) is 16.1 Å². The van der Waals surface area contributed by atoms with Gasteiger partial charge < -0.3 is 19.1 Å². The fourth-order valence-electron chi connectivity index (χ4n) is 4.14. The van der Waals surface area contributed by atoms with Crippen LogP contribution >= 0.6 is 0 Å². The molecule has 2 rings (SSSR count). The SMILES string of the molecule is CC(C)C.CC(C)CCO.CC(C)CCO[Si](C)(C)C(C)(C)C.CC(C)Cc1ccccc1.CC(C)F.CCC(C)C.COC(=O)CCC(C)C.Cc1ccc(CC(C)C)cc1.[C-]#[N+]CCC(C)C. The number of halogens is 1. The van der Waals surface area contributed by atoms with Crippen LogP contribution in [0.1, 0.15) is 214 Å². The molecule has 0 bridgehead atoms. The van der Waals surface area contributed by atoms with Gasteiger partial charge in [0.05, 0.1) is 13.3 Å². The summed E-state index contributed by atoms with van der Waals surface area (Å²) in [6.45, 7) is 64.2. The Morgan fingerprint density at radius 2 is 1.00 bits per heavy atom. The molecule has 0 atom stereocenters. The third-order valence-corrected chi connectivity index (χ3v) is 14.2. The predicted molar refractivity (Wildman–Crippen MR) is 313 cm³/mol. The van der Waals surface area contributed by atoms with E-state index >= 15 is 0 Å². The molecule has 410 valence electrons. The maximum Gasteiger partial charge on any atom is 0.305 e. The summed E-state index contributed by atoms with van der Waals surface area (Å²) in [4.78, 5) is 13.7. The average Bonchev–Trinajstić information content (AvgIpc) is 3.20. The van der Waals surface area contributed by atoms with Crippen LogP contribution in [-0.2, 0) is 26.8 Å². The average molecular weight is 993 g/mol. The van der Waals surface area contributed by atoms with Crippen molar-refractivity contribution < 1.29 is 23.5 Å². The molecule has 1 N–H and O–H groups in total. The van der Waals surface area contributed by atoms with E-state index < -0.39 is 14.5 Å². The first-order valence-corrected chi connectivity index (χ1v) is 29.9. The molecule has 0 aliphatic heterocycles. The van der Waals surface area contributed by atoms with E-state index in [1.165, 1.54) is 63.3 Å². The molecule has 69 heavy (non-hydrogen) atoms. The maximum absolute atomic E-state index is 11.0. The van der Waals surface area contributed by atoms with Crippen molar-refractivity contribution in [2.24, 2.45) is 47.3 Å². The largest absolute Gasteiger partial charge is 0.469 e. The normalized spacial score (nSPS) is 10.6. The summed E-state index contributed by atoms with van der Waals surface area (Å²) in [5.74, 6) is 5.82. The Bertz CT molecular complexity index is 1330. The Labute approximate surface area is 434 Å². The van der Waals surface area contributed by atoms with Gasteiger partial charge in [-0.2, -0.15) is 0 Å². The van der Waals surface area contributed by atoms with Crippen LogP contribution in [-0.4, -0.2) is 52.4 Å². The number of hydrogen-bond acceptors (Lipinski definition) is 4. The summed E-state index contributed by atoms with van der Waals surface area (Å²) in [6.07, 6.45) is 7.66. The van der Waals surface area contributed by atoms with E-state index in [0.717, 1.165) is 55.5 Å². The lowest BCUT2D eigenvalue weighted by molar-refractivity contribution is -0.140. The van der Waals surface area contributed by atoms with Gasteiger partial charge in [-0.05, 0) is 129 Å². The molecule has 0 amide bonds. The Kier molecular flexibility index (Phi) is 62.2. The van der Waals surface area contributed by atoms with Crippen molar-refractivity contribution in [1.82, 2.24) is 0 Å². The molecular weight excluding hydrogens is 870 g/mol. The quantitative estimate of drug-likeness (QED) is 0.103. The highest BCUT2D eigenvalue weighted by molar-refractivity contribution is 6.74. The molecule has 0 aliphatic carbocycles. The molecule has 0 radical (unpaired) electrons. The highest BCUT2D eigenvalue weighted by Gasteiger charge is 2.36. The summed E-state index contributed by atoms with van der Waals surface area (Å²) in [5, 5.41) is 8.59. The number of aryl methyl sites for hydroxylation is 1. The van der Waals surface area contributed by atoms with E-state index in [0.29, 0.717) is 42.4 Å². The van der Waals surface area contributed by atoms with Crippen LogP contribution in [0.15, 0.2) is 54.6 Å². The van der Waals surface area contributed by atoms with Crippen molar-refractivity contribution in [3.8, 4) is 0 Å². The van der Waals surface area contributed by atoms with Crippen LogP contribution in [0.25, 0.3) is 4.85 Å². The van der Waals surface area contributed by atoms with Gasteiger partial charge in [0.2, 0.25) is 6.54 Å². The van der Waals surface area contributed by atoms with Gasteiger partial charge in [-0.15, -0.1) is 0 Å². The van der Waals surface area contributed by atoms with Gasteiger partial charge >= 0.3 is 5.97 Å². The number of ether oxygens (including phenoxy) is 1. The molecule has 0 fully saturated rings. The lowest BCUT2D eigenvalue weighted by atomic mass is 10.0. The van der Waals surface area contributed by atoms with E-state index in [1.807, 2.05) is 0 Å². The Balaban J connectivity index is -0.000000129. The van der Waals surface area contributed by atoms with Crippen LogP contribution < -0.4 is 0 Å². The number of benzene rings is 2. The summed E-state index contributed by atoms with van der Waals surface area (Å²) < 4.78 is 21.5. The fraction of sp³-hybridized carbons (Fsp3) is 0.774. The summed E-state index contributed by atoms with van der Waals surface area (Å²) in [5.41, 5.74) is 4.24. The second-order valence-electron chi connectivity index (χ2n) is 23.5. The van der Waals surface area contributed by atoms with Gasteiger partial charge in [0.25, 0.3) is 0 Å². The van der Waals surface area contributed by atoms with Gasteiger partial charge in [0, 0.05) is 26.1 Å². The number of carbonyl (C=O) groups is 1. The van der Waals surface area contributed by atoms with Crippen molar-refractivity contribution in [1.29, 1.82) is 0 Å². The molecule has 5 nitrogen and oxygen atoms in total. The minimum absolute atomic E-state index is 0.108. The number of aliphatic hydroxyl groups is 1. The molecule has 2 aromatic rings.